The van der Waals surface area contributed by atoms with E-state index in [-0.39, 0.29) is 0 Å². The third-order valence-electron chi connectivity index (χ3n) is 3.43. The van der Waals surface area contributed by atoms with Gasteiger partial charge in [0.15, 0.2) is 0 Å². The lowest BCUT2D eigenvalue weighted by Crippen LogP contribution is -1.98. The van der Waals surface area contributed by atoms with Gasteiger partial charge in [-0.1, -0.05) is 18.1 Å². The Kier molecular flexibility index (Phi) is 5.31. The maximum atomic E-state index is 9.00. The Morgan fingerprint density at radius 2 is 2.20 bits per heavy atom. The van der Waals surface area contributed by atoms with Gasteiger partial charge in [0.2, 0.25) is 5.95 Å². The average Bonchev–Trinajstić information content (AvgIpc) is 3.01. The first-order valence-corrected chi connectivity index (χ1v) is 8.89. The standard InChI is InChI=1S/C18H17N5OS/c1-3-9-25-17-16(12(2)24-23-17)15-7-8-20-18(22-15)21-14-6-4-5-13(10-14)11-19/h4-8,10H,3,9H2,1-2H3,(H,20,21,22). The second-order valence-corrected chi connectivity index (χ2v) is 6.43. The van der Waals surface area contributed by atoms with Crippen LogP contribution >= 0.6 is 11.8 Å². The predicted octanol–water partition coefficient (Wildman–Crippen LogP) is 4.56. The molecule has 2 aromatic heterocycles. The van der Waals surface area contributed by atoms with Gasteiger partial charge in [0, 0.05) is 11.9 Å². The Morgan fingerprint density at radius 1 is 1.32 bits per heavy atom. The zero-order valence-corrected chi connectivity index (χ0v) is 14.8. The van der Waals surface area contributed by atoms with Crippen LogP contribution in [0.25, 0.3) is 11.3 Å². The number of benzene rings is 1. The van der Waals surface area contributed by atoms with Crippen molar-refractivity contribution in [3.8, 4) is 17.3 Å². The van der Waals surface area contributed by atoms with Crippen molar-refractivity contribution >= 4 is 23.4 Å². The number of aromatic nitrogens is 3. The number of aryl methyl sites for hydroxylation is 1. The molecule has 1 N–H and O–H groups in total. The minimum absolute atomic E-state index is 0.458. The summed E-state index contributed by atoms with van der Waals surface area (Å²) in [7, 11) is 0. The third kappa shape index (κ3) is 3.98. The highest BCUT2D eigenvalue weighted by atomic mass is 32.2. The normalized spacial score (nSPS) is 10.4. The van der Waals surface area contributed by atoms with Crippen LogP contribution in [-0.2, 0) is 0 Å². The molecule has 0 amide bonds. The van der Waals surface area contributed by atoms with Crippen LogP contribution in [0.4, 0.5) is 11.6 Å². The average molecular weight is 351 g/mol. The zero-order chi connectivity index (χ0) is 17.6. The third-order valence-corrected chi connectivity index (χ3v) is 4.60. The molecule has 0 unspecified atom stereocenters. The van der Waals surface area contributed by atoms with Gasteiger partial charge in [-0.05, 0) is 43.4 Å². The lowest BCUT2D eigenvalue weighted by atomic mass is 10.2. The summed E-state index contributed by atoms with van der Waals surface area (Å²) in [6.07, 6.45) is 2.75. The molecule has 0 radical (unpaired) electrons. The van der Waals surface area contributed by atoms with Gasteiger partial charge in [-0.3, -0.25) is 0 Å². The molecule has 0 fully saturated rings. The van der Waals surface area contributed by atoms with Crippen LogP contribution in [-0.4, -0.2) is 20.9 Å². The van der Waals surface area contributed by atoms with Gasteiger partial charge >= 0.3 is 0 Å². The van der Waals surface area contributed by atoms with Crippen LogP contribution in [0.3, 0.4) is 0 Å². The van der Waals surface area contributed by atoms with Crippen molar-refractivity contribution in [2.24, 2.45) is 0 Å². The molecule has 0 aliphatic rings. The maximum Gasteiger partial charge on any atom is 0.227 e. The van der Waals surface area contributed by atoms with Crippen molar-refractivity contribution in [2.45, 2.75) is 25.3 Å². The molecule has 1 aromatic carbocycles. The maximum absolute atomic E-state index is 9.00. The first-order valence-electron chi connectivity index (χ1n) is 7.91. The molecular weight excluding hydrogens is 334 g/mol. The van der Waals surface area contributed by atoms with E-state index in [9.17, 15) is 0 Å². The molecular formula is C18H17N5OS. The Balaban J connectivity index is 1.89. The molecule has 0 spiro atoms. The zero-order valence-electron chi connectivity index (χ0n) is 14.0. The Hall–Kier alpha value is -2.85. The summed E-state index contributed by atoms with van der Waals surface area (Å²) in [6.45, 7) is 4.01. The van der Waals surface area contributed by atoms with E-state index < -0.39 is 0 Å². The second-order valence-electron chi connectivity index (χ2n) is 5.35. The van der Waals surface area contributed by atoms with Crippen LogP contribution in [0.2, 0.25) is 0 Å². The van der Waals surface area contributed by atoms with E-state index in [4.69, 9.17) is 9.78 Å². The number of nitrogens with zero attached hydrogens (tertiary/aromatic N) is 4. The van der Waals surface area contributed by atoms with E-state index >= 15 is 0 Å². The first kappa shape index (κ1) is 17.0. The minimum atomic E-state index is 0.458. The van der Waals surface area contributed by atoms with Crippen LogP contribution in [0.1, 0.15) is 24.7 Å². The van der Waals surface area contributed by atoms with Crippen molar-refractivity contribution < 1.29 is 4.52 Å². The predicted molar refractivity (Wildman–Crippen MR) is 97.7 cm³/mol. The number of nitrogens with one attached hydrogen (secondary N) is 1. The van der Waals surface area contributed by atoms with Crippen molar-refractivity contribution in [3.63, 3.8) is 0 Å². The highest BCUT2D eigenvalue weighted by Crippen LogP contribution is 2.33. The van der Waals surface area contributed by atoms with Crippen LogP contribution in [0.15, 0.2) is 46.1 Å². The molecule has 25 heavy (non-hydrogen) atoms. The molecule has 3 rings (SSSR count). The van der Waals surface area contributed by atoms with Crippen molar-refractivity contribution in [1.82, 2.24) is 15.1 Å². The minimum Gasteiger partial charge on any atom is -0.360 e. The first-order chi connectivity index (χ1) is 12.2. The second kappa shape index (κ2) is 7.81. The summed E-state index contributed by atoms with van der Waals surface area (Å²) in [5.74, 6) is 2.16. The van der Waals surface area contributed by atoms with E-state index in [0.29, 0.717) is 11.5 Å². The highest BCUT2D eigenvalue weighted by molar-refractivity contribution is 7.99. The van der Waals surface area contributed by atoms with Gasteiger partial charge in [-0.25, -0.2) is 9.97 Å². The number of rotatable bonds is 6. The van der Waals surface area contributed by atoms with E-state index in [1.165, 1.54) is 0 Å². The number of anilines is 2. The lowest BCUT2D eigenvalue weighted by molar-refractivity contribution is 0.384. The topological polar surface area (TPSA) is 87.6 Å². The summed E-state index contributed by atoms with van der Waals surface area (Å²) < 4.78 is 5.35. The van der Waals surface area contributed by atoms with Gasteiger partial charge in [0.1, 0.15) is 10.8 Å². The molecule has 126 valence electrons. The smallest absolute Gasteiger partial charge is 0.227 e. The molecule has 0 atom stereocenters. The molecule has 0 saturated carbocycles. The van der Waals surface area contributed by atoms with Gasteiger partial charge in [0.05, 0.1) is 22.9 Å². The van der Waals surface area contributed by atoms with Crippen molar-refractivity contribution in [3.05, 3.63) is 47.9 Å². The molecule has 6 nitrogen and oxygen atoms in total. The fourth-order valence-electron chi connectivity index (χ4n) is 2.29. The number of nitriles is 1. The Labute approximate surface area is 150 Å². The summed E-state index contributed by atoms with van der Waals surface area (Å²) in [5, 5.41) is 17.1. The summed E-state index contributed by atoms with van der Waals surface area (Å²) >= 11 is 1.66. The van der Waals surface area contributed by atoms with Gasteiger partial charge in [0.25, 0.3) is 0 Å². The van der Waals surface area contributed by atoms with E-state index in [1.54, 1.807) is 30.1 Å². The van der Waals surface area contributed by atoms with E-state index in [0.717, 1.165) is 39.9 Å². The monoisotopic (exact) mass is 351 g/mol. The van der Waals surface area contributed by atoms with Gasteiger partial charge in [-0.2, -0.15) is 5.26 Å². The summed E-state index contributed by atoms with van der Waals surface area (Å²) in [6, 6.07) is 11.1. The van der Waals surface area contributed by atoms with Gasteiger partial charge < -0.3 is 9.84 Å². The quantitative estimate of drug-likeness (QED) is 0.651. The number of hydrogen-bond donors (Lipinski definition) is 1. The lowest BCUT2D eigenvalue weighted by Gasteiger charge is -2.07. The van der Waals surface area contributed by atoms with Gasteiger partial charge in [-0.15, -0.1) is 11.8 Å². The van der Waals surface area contributed by atoms with Crippen LogP contribution < -0.4 is 5.32 Å². The fraction of sp³-hybridized carbons (Fsp3) is 0.222. The fourth-order valence-corrected chi connectivity index (χ4v) is 3.17. The van der Waals surface area contributed by atoms with E-state index in [2.05, 4.69) is 33.4 Å². The summed E-state index contributed by atoms with van der Waals surface area (Å²) in [4.78, 5) is 8.84. The molecule has 2 heterocycles. The Morgan fingerprint density at radius 3 is 3.00 bits per heavy atom. The molecule has 0 aliphatic carbocycles. The number of hydrogen-bond acceptors (Lipinski definition) is 7. The Bertz CT molecular complexity index is 916. The molecule has 0 saturated heterocycles. The van der Waals surface area contributed by atoms with E-state index in [1.807, 2.05) is 25.1 Å². The highest BCUT2D eigenvalue weighted by Gasteiger charge is 2.17. The molecule has 3 aromatic rings. The van der Waals surface area contributed by atoms with Crippen LogP contribution in [0.5, 0.6) is 0 Å². The molecule has 0 aliphatic heterocycles. The molecule has 7 heteroatoms. The van der Waals surface area contributed by atoms with Crippen LogP contribution in [0, 0.1) is 18.3 Å². The number of thioether (sulfide) groups is 1. The SMILES string of the molecule is CCCSc1noc(C)c1-c1ccnc(Nc2cccc(C#N)c2)n1. The van der Waals surface area contributed by atoms with Crippen molar-refractivity contribution in [2.75, 3.05) is 11.1 Å². The summed E-state index contributed by atoms with van der Waals surface area (Å²) in [5.41, 5.74) is 2.99. The van der Waals surface area contributed by atoms with Crippen molar-refractivity contribution in [1.29, 1.82) is 5.26 Å². The largest absolute Gasteiger partial charge is 0.360 e. The molecule has 0 bridgehead atoms.